The Morgan fingerprint density at radius 3 is 2.72 bits per heavy atom. The van der Waals surface area contributed by atoms with E-state index >= 15 is 0 Å². The molecule has 2 rings (SSSR count). The molecular formula is C20H22FNO3. The van der Waals surface area contributed by atoms with E-state index in [1.54, 1.807) is 31.4 Å². The van der Waals surface area contributed by atoms with Crippen LogP contribution in [0.1, 0.15) is 25.3 Å². The van der Waals surface area contributed by atoms with Gasteiger partial charge in [0, 0.05) is 6.08 Å². The molecule has 0 atom stereocenters. The van der Waals surface area contributed by atoms with Crippen molar-refractivity contribution in [3.63, 3.8) is 0 Å². The van der Waals surface area contributed by atoms with Gasteiger partial charge in [0.25, 0.3) is 0 Å². The molecule has 1 amide bonds. The summed E-state index contributed by atoms with van der Waals surface area (Å²) in [5, 5.41) is 2.50. The third-order valence-corrected chi connectivity index (χ3v) is 3.50. The average molecular weight is 343 g/mol. The summed E-state index contributed by atoms with van der Waals surface area (Å²) in [5.41, 5.74) is 0.928. The van der Waals surface area contributed by atoms with E-state index in [4.69, 9.17) is 9.47 Å². The zero-order chi connectivity index (χ0) is 18.1. The second kappa shape index (κ2) is 9.47. The zero-order valence-electron chi connectivity index (χ0n) is 14.4. The molecule has 0 unspecified atom stereocenters. The van der Waals surface area contributed by atoms with E-state index in [-0.39, 0.29) is 5.69 Å². The van der Waals surface area contributed by atoms with Gasteiger partial charge in [0.05, 0.1) is 19.4 Å². The number of methoxy groups -OCH3 is 1. The molecule has 0 heterocycles. The predicted molar refractivity (Wildman–Crippen MR) is 97.5 cm³/mol. The quantitative estimate of drug-likeness (QED) is 0.560. The number of anilines is 1. The number of rotatable bonds is 8. The molecule has 0 bridgehead atoms. The largest absolute Gasteiger partial charge is 0.493 e. The Labute approximate surface area is 147 Å². The predicted octanol–water partition coefficient (Wildman–Crippen LogP) is 4.67. The number of halogens is 1. The fraction of sp³-hybridized carbons (Fsp3) is 0.250. The third kappa shape index (κ3) is 5.64. The van der Waals surface area contributed by atoms with Crippen molar-refractivity contribution in [2.75, 3.05) is 19.0 Å². The third-order valence-electron chi connectivity index (χ3n) is 3.50. The van der Waals surface area contributed by atoms with E-state index in [2.05, 4.69) is 12.2 Å². The van der Waals surface area contributed by atoms with Gasteiger partial charge in [-0.15, -0.1) is 0 Å². The number of amides is 1. The topological polar surface area (TPSA) is 47.6 Å². The van der Waals surface area contributed by atoms with Crippen LogP contribution in [0.5, 0.6) is 11.5 Å². The monoisotopic (exact) mass is 343 g/mol. The van der Waals surface area contributed by atoms with Gasteiger partial charge in [0.2, 0.25) is 5.91 Å². The molecular weight excluding hydrogens is 321 g/mol. The van der Waals surface area contributed by atoms with Crippen molar-refractivity contribution in [2.24, 2.45) is 0 Å². The first kappa shape index (κ1) is 18.5. The summed E-state index contributed by atoms with van der Waals surface area (Å²) in [6, 6.07) is 11.4. The lowest BCUT2D eigenvalue weighted by Crippen LogP contribution is -2.09. The minimum atomic E-state index is -0.473. The second-order valence-corrected chi connectivity index (χ2v) is 5.41. The molecule has 0 aromatic heterocycles. The smallest absolute Gasteiger partial charge is 0.248 e. The van der Waals surface area contributed by atoms with Crippen molar-refractivity contribution in [1.29, 1.82) is 0 Å². The van der Waals surface area contributed by atoms with Crippen molar-refractivity contribution in [1.82, 2.24) is 0 Å². The molecule has 25 heavy (non-hydrogen) atoms. The van der Waals surface area contributed by atoms with Crippen LogP contribution in [0.4, 0.5) is 10.1 Å². The van der Waals surface area contributed by atoms with Crippen LogP contribution in [-0.2, 0) is 4.79 Å². The highest BCUT2D eigenvalue weighted by Crippen LogP contribution is 2.28. The van der Waals surface area contributed by atoms with Crippen molar-refractivity contribution in [3.8, 4) is 11.5 Å². The van der Waals surface area contributed by atoms with Crippen LogP contribution in [0.3, 0.4) is 0 Å². The normalized spacial score (nSPS) is 10.7. The first-order chi connectivity index (χ1) is 12.1. The highest BCUT2D eigenvalue weighted by atomic mass is 19.1. The van der Waals surface area contributed by atoms with Gasteiger partial charge in [-0.05, 0) is 42.3 Å². The van der Waals surface area contributed by atoms with Crippen molar-refractivity contribution in [2.45, 2.75) is 19.8 Å². The summed E-state index contributed by atoms with van der Waals surface area (Å²) in [4.78, 5) is 11.9. The minimum absolute atomic E-state index is 0.148. The zero-order valence-corrected chi connectivity index (χ0v) is 14.4. The van der Waals surface area contributed by atoms with Crippen molar-refractivity contribution >= 4 is 17.7 Å². The maximum absolute atomic E-state index is 13.5. The summed E-state index contributed by atoms with van der Waals surface area (Å²) in [6.45, 7) is 2.73. The highest BCUT2D eigenvalue weighted by molar-refractivity contribution is 6.02. The van der Waals surface area contributed by atoms with Gasteiger partial charge in [0.15, 0.2) is 11.5 Å². The van der Waals surface area contributed by atoms with Gasteiger partial charge >= 0.3 is 0 Å². The fourth-order valence-corrected chi connectivity index (χ4v) is 2.14. The number of ether oxygens (including phenoxy) is 2. The number of hydrogen-bond donors (Lipinski definition) is 1. The molecule has 0 saturated carbocycles. The number of hydrogen-bond acceptors (Lipinski definition) is 3. The minimum Gasteiger partial charge on any atom is -0.493 e. The Balaban J connectivity index is 2.02. The Morgan fingerprint density at radius 1 is 1.20 bits per heavy atom. The number of carbonyl (C=O) groups is 1. The number of para-hydroxylation sites is 1. The Morgan fingerprint density at radius 2 is 2.00 bits per heavy atom. The SMILES string of the molecule is CCCCOc1ccc(/C=C/C(=O)Nc2ccccc2F)cc1OC. The van der Waals surface area contributed by atoms with Crippen LogP contribution >= 0.6 is 0 Å². The molecule has 0 saturated heterocycles. The Hall–Kier alpha value is -2.82. The van der Waals surface area contributed by atoms with Crippen molar-refractivity contribution in [3.05, 3.63) is 59.9 Å². The first-order valence-corrected chi connectivity index (χ1v) is 8.18. The summed E-state index contributed by atoms with van der Waals surface area (Å²) in [7, 11) is 1.57. The van der Waals surface area contributed by atoms with E-state index < -0.39 is 11.7 Å². The van der Waals surface area contributed by atoms with Gasteiger partial charge in [-0.3, -0.25) is 4.79 Å². The van der Waals surface area contributed by atoms with Gasteiger partial charge in [-0.1, -0.05) is 31.5 Å². The molecule has 4 nitrogen and oxygen atoms in total. The Bertz CT molecular complexity index is 743. The van der Waals surface area contributed by atoms with Crippen LogP contribution in [0.15, 0.2) is 48.5 Å². The molecule has 132 valence electrons. The van der Waals surface area contributed by atoms with E-state index in [1.165, 1.54) is 18.2 Å². The lowest BCUT2D eigenvalue weighted by Gasteiger charge is -2.11. The van der Waals surface area contributed by atoms with Crippen molar-refractivity contribution < 1.29 is 18.7 Å². The van der Waals surface area contributed by atoms with Gasteiger partial charge < -0.3 is 14.8 Å². The molecule has 0 aliphatic heterocycles. The van der Waals surface area contributed by atoms with E-state index in [9.17, 15) is 9.18 Å². The van der Waals surface area contributed by atoms with E-state index in [1.807, 2.05) is 12.1 Å². The maximum Gasteiger partial charge on any atom is 0.248 e. The number of carbonyl (C=O) groups excluding carboxylic acids is 1. The summed E-state index contributed by atoms with van der Waals surface area (Å²) in [6.07, 6.45) is 5.01. The second-order valence-electron chi connectivity index (χ2n) is 5.41. The van der Waals surface area contributed by atoms with Crippen LogP contribution < -0.4 is 14.8 Å². The number of unbranched alkanes of at least 4 members (excludes halogenated alkanes) is 1. The number of nitrogens with one attached hydrogen (secondary N) is 1. The molecule has 2 aromatic rings. The summed E-state index contributed by atoms with van der Waals surface area (Å²) < 4.78 is 24.5. The van der Waals surface area contributed by atoms with Crippen LogP contribution in [0.2, 0.25) is 0 Å². The number of benzene rings is 2. The first-order valence-electron chi connectivity index (χ1n) is 8.18. The van der Waals surface area contributed by atoms with Gasteiger partial charge in [-0.25, -0.2) is 4.39 Å². The standard InChI is InChI=1S/C20H22FNO3/c1-3-4-13-25-18-11-9-15(14-19(18)24-2)10-12-20(23)22-17-8-6-5-7-16(17)21/h5-12,14H,3-4,13H2,1-2H3,(H,22,23)/b12-10+. The molecule has 5 heteroatoms. The fourth-order valence-electron chi connectivity index (χ4n) is 2.14. The molecule has 2 aromatic carbocycles. The average Bonchev–Trinajstić information content (AvgIpc) is 2.62. The lowest BCUT2D eigenvalue weighted by molar-refractivity contribution is -0.111. The van der Waals surface area contributed by atoms with E-state index in [0.29, 0.717) is 18.1 Å². The molecule has 0 spiro atoms. The summed E-state index contributed by atoms with van der Waals surface area (Å²) >= 11 is 0. The highest BCUT2D eigenvalue weighted by Gasteiger charge is 2.06. The molecule has 0 aliphatic carbocycles. The Kier molecular flexibility index (Phi) is 7.01. The van der Waals surface area contributed by atoms with Gasteiger partial charge in [0.1, 0.15) is 5.82 Å². The van der Waals surface area contributed by atoms with Crippen LogP contribution in [0, 0.1) is 5.82 Å². The molecule has 0 fully saturated rings. The van der Waals surface area contributed by atoms with Gasteiger partial charge in [-0.2, -0.15) is 0 Å². The van der Waals surface area contributed by atoms with Crippen LogP contribution in [-0.4, -0.2) is 19.6 Å². The molecule has 0 aliphatic rings. The molecule has 1 N–H and O–H groups in total. The van der Waals surface area contributed by atoms with Crippen LogP contribution in [0.25, 0.3) is 6.08 Å². The maximum atomic E-state index is 13.5. The molecule has 0 radical (unpaired) electrons. The lowest BCUT2D eigenvalue weighted by atomic mass is 10.2. The summed E-state index contributed by atoms with van der Waals surface area (Å²) in [5.74, 6) is 0.392. The van der Waals surface area contributed by atoms with E-state index in [0.717, 1.165) is 18.4 Å².